The summed E-state index contributed by atoms with van der Waals surface area (Å²) in [5.41, 5.74) is 7.84. The average molecular weight is 384 g/mol. The molecule has 0 aliphatic carbocycles. The summed E-state index contributed by atoms with van der Waals surface area (Å²) in [4.78, 5) is 17.0. The molecule has 1 N–H and O–H groups in total. The van der Waals surface area contributed by atoms with Gasteiger partial charge < -0.3 is 9.73 Å². The normalized spacial score (nSPS) is 11.0. The van der Waals surface area contributed by atoms with Gasteiger partial charge in [0.2, 0.25) is 0 Å². The molecule has 3 aromatic carbocycles. The molecule has 0 aliphatic rings. The van der Waals surface area contributed by atoms with Crippen molar-refractivity contribution in [3.8, 4) is 0 Å². The number of hydrogen-bond acceptors (Lipinski definition) is 3. The maximum absolute atomic E-state index is 12.4. The van der Waals surface area contributed by atoms with Crippen LogP contribution in [-0.4, -0.2) is 10.9 Å². The number of nitrogens with one attached hydrogen (secondary N) is 1. The van der Waals surface area contributed by atoms with Crippen LogP contribution in [0, 0.1) is 13.8 Å². The van der Waals surface area contributed by atoms with Crippen LogP contribution in [0.1, 0.15) is 45.4 Å². The molecule has 0 unspecified atom stereocenters. The van der Waals surface area contributed by atoms with E-state index >= 15 is 0 Å². The van der Waals surface area contributed by atoms with Gasteiger partial charge in [-0.2, -0.15) is 0 Å². The zero-order valence-corrected chi connectivity index (χ0v) is 17.0. The molecule has 0 fully saturated rings. The van der Waals surface area contributed by atoms with E-state index in [-0.39, 0.29) is 5.91 Å². The highest BCUT2D eigenvalue weighted by Crippen LogP contribution is 2.22. The molecule has 1 heterocycles. The highest BCUT2D eigenvalue weighted by molar-refractivity contribution is 6.04. The Labute approximate surface area is 170 Å². The van der Waals surface area contributed by atoms with E-state index in [4.69, 9.17) is 4.42 Å². The van der Waals surface area contributed by atoms with Crippen LogP contribution < -0.4 is 5.32 Å². The predicted octanol–water partition coefficient (Wildman–Crippen LogP) is 5.85. The Morgan fingerprint density at radius 2 is 1.59 bits per heavy atom. The molecule has 4 nitrogen and oxygen atoms in total. The first kappa shape index (κ1) is 18.9. The minimum Gasteiger partial charge on any atom is -0.440 e. The number of aryl methyl sites for hydroxylation is 3. The third kappa shape index (κ3) is 4.21. The summed E-state index contributed by atoms with van der Waals surface area (Å²) in [5, 5.41) is 2.94. The van der Waals surface area contributed by atoms with Gasteiger partial charge in [0.1, 0.15) is 5.52 Å². The fourth-order valence-corrected chi connectivity index (χ4v) is 3.28. The molecule has 29 heavy (non-hydrogen) atoms. The second-order valence-corrected chi connectivity index (χ2v) is 7.39. The van der Waals surface area contributed by atoms with Crippen LogP contribution in [0.3, 0.4) is 0 Å². The van der Waals surface area contributed by atoms with Crippen LogP contribution in [0.5, 0.6) is 0 Å². The number of carbonyl (C=O) groups is 1. The smallest absolute Gasteiger partial charge is 0.255 e. The fraction of sp³-hybridized carbons (Fsp3) is 0.200. The van der Waals surface area contributed by atoms with Crippen molar-refractivity contribution in [2.24, 2.45) is 0 Å². The molecule has 0 spiro atoms. The van der Waals surface area contributed by atoms with Gasteiger partial charge in [0.15, 0.2) is 11.5 Å². The molecule has 0 aliphatic heterocycles. The van der Waals surface area contributed by atoms with Gasteiger partial charge in [0.25, 0.3) is 5.91 Å². The van der Waals surface area contributed by atoms with E-state index < -0.39 is 0 Å². The molecule has 4 heteroatoms. The van der Waals surface area contributed by atoms with E-state index in [0.717, 1.165) is 28.8 Å². The molecule has 4 aromatic rings. The number of amides is 1. The molecule has 0 saturated carbocycles. The van der Waals surface area contributed by atoms with Crippen LogP contribution in [0.25, 0.3) is 11.1 Å². The number of carbonyl (C=O) groups excluding carboxylic acids is 1. The molecule has 146 valence electrons. The van der Waals surface area contributed by atoms with Crippen LogP contribution in [-0.2, 0) is 12.8 Å². The van der Waals surface area contributed by atoms with E-state index in [1.165, 1.54) is 16.7 Å². The quantitative estimate of drug-likeness (QED) is 0.469. The van der Waals surface area contributed by atoms with Crippen LogP contribution in [0.4, 0.5) is 5.69 Å². The Morgan fingerprint density at radius 3 is 2.28 bits per heavy atom. The van der Waals surface area contributed by atoms with Crippen LogP contribution in [0.2, 0.25) is 0 Å². The topological polar surface area (TPSA) is 55.1 Å². The van der Waals surface area contributed by atoms with E-state index in [2.05, 4.69) is 37.1 Å². The summed E-state index contributed by atoms with van der Waals surface area (Å²) in [6, 6.07) is 19.6. The maximum Gasteiger partial charge on any atom is 0.255 e. The van der Waals surface area contributed by atoms with Crippen LogP contribution in [0.15, 0.2) is 65.1 Å². The zero-order valence-electron chi connectivity index (χ0n) is 17.0. The standard InChI is InChI=1S/C25H24N2O2/c1-4-18-5-9-20(10-6-18)25(28)26-21-11-7-19(8-12-21)15-24-27-22-13-16(2)17(3)14-23(22)29-24/h5-14H,4,15H2,1-3H3,(H,26,28). The van der Waals surface area contributed by atoms with E-state index in [0.29, 0.717) is 17.9 Å². The van der Waals surface area contributed by atoms with E-state index in [1.54, 1.807) is 0 Å². The number of anilines is 1. The predicted molar refractivity (Wildman–Crippen MR) is 117 cm³/mol. The summed E-state index contributed by atoms with van der Waals surface area (Å²) in [6.45, 7) is 6.25. The maximum atomic E-state index is 12.4. The molecular formula is C25H24N2O2. The van der Waals surface area contributed by atoms with Crippen molar-refractivity contribution in [1.82, 2.24) is 4.98 Å². The highest BCUT2D eigenvalue weighted by atomic mass is 16.3. The van der Waals surface area contributed by atoms with E-state index in [1.807, 2.05) is 54.6 Å². The van der Waals surface area contributed by atoms with Gasteiger partial charge >= 0.3 is 0 Å². The second-order valence-electron chi connectivity index (χ2n) is 7.39. The number of aromatic nitrogens is 1. The van der Waals surface area contributed by atoms with E-state index in [9.17, 15) is 4.79 Å². The van der Waals surface area contributed by atoms with Crippen molar-refractivity contribution < 1.29 is 9.21 Å². The van der Waals surface area contributed by atoms with Crippen molar-refractivity contribution in [3.63, 3.8) is 0 Å². The van der Waals surface area contributed by atoms with Crippen molar-refractivity contribution in [2.45, 2.75) is 33.6 Å². The minimum atomic E-state index is -0.106. The Bertz CT molecular complexity index is 1120. The summed E-state index contributed by atoms with van der Waals surface area (Å²) < 4.78 is 5.90. The lowest BCUT2D eigenvalue weighted by molar-refractivity contribution is 0.102. The molecule has 0 radical (unpaired) electrons. The Hall–Kier alpha value is -3.40. The Kier molecular flexibility index (Phi) is 5.17. The largest absolute Gasteiger partial charge is 0.440 e. The van der Waals surface area contributed by atoms with Gasteiger partial charge in [-0.1, -0.05) is 31.2 Å². The molecule has 0 atom stereocenters. The molecule has 0 bridgehead atoms. The van der Waals surface area contributed by atoms with Gasteiger partial charge in [-0.15, -0.1) is 0 Å². The highest BCUT2D eigenvalue weighted by Gasteiger charge is 2.09. The van der Waals surface area contributed by atoms with Crippen molar-refractivity contribution >= 4 is 22.7 Å². The molecular weight excluding hydrogens is 360 g/mol. The summed E-state index contributed by atoms with van der Waals surface area (Å²) in [7, 11) is 0. The van der Waals surface area contributed by atoms with Gasteiger partial charge in [-0.05, 0) is 78.9 Å². The first-order chi connectivity index (χ1) is 14.0. The molecule has 0 saturated heterocycles. The minimum absolute atomic E-state index is 0.106. The number of benzene rings is 3. The summed E-state index contributed by atoms with van der Waals surface area (Å²) >= 11 is 0. The third-order valence-electron chi connectivity index (χ3n) is 5.24. The zero-order chi connectivity index (χ0) is 20.4. The average Bonchev–Trinajstić information content (AvgIpc) is 3.10. The second kappa shape index (κ2) is 7.92. The van der Waals surface area contributed by atoms with Crippen LogP contribution >= 0.6 is 0 Å². The summed E-state index contributed by atoms with van der Waals surface area (Å²) in [5.74, 6) is 0.586. The number of oxazole rings is 1. The molecule has 1 aromatic heterocycles. The van der Waals surface area contributed by atoms with Crippen molar-refractivity contribution in [1.29, 1.82) is 0 Å². The fourth-order valence-electron chi connectivity index (χ4n) is 3.28. The first-order valence-electron chi connectivity index (χ1n) is 9.87. The van der Waals surface area contributed by atoms with Gasteiger partial charge in [0, 0.05) is 17.7 Å². The third-order valence-corrected chi connectivity index (χ3v) is 5.24. The summed E-state index contributed by atoms with van der Waals surface area (Å²) in [6.07, 6.45) is 1.57. The van der Waals surface area contributed by atoms with Gasteiger partial charge in [-0.3, -0.25) is 4.79 Å². The molecule has 4 rings (SSSR count). The van der Waals surface area contributed by atoms with Gasteiger partial charge in [0.05, 0.1) is 0 Å². The Balaban J connectivity index is 1.44. The SMILES string of the molecule is CCc1ccc(C(=O)Nc2ccc(Cc3nc4cc(C)c(C)cc4o3)cc2)cc1. The van der Waals surface area contributed by atoms with Crippen molar-refractivity contribution in [3.05, 3.63) is 94.4 Å². The Morgan fingerprint density at radius 1 is 0.931 bits per heavy atom. The van der Waals surface area contributed by atoms with Crippen molar-refractivity contribution in [2.75, 3.05) is 5.32 Å². The number of hydrogen-bond donors (Lipinski definition) is 1. The molecule has 1 amide bonds. The number of rotatable bonds is 5. The van der Waals surface area contributed by atoms with Gasteiger partial charge in [-0.25, -0.2) is 4.98 Å². The number of nitrogens with zero attached hydrogens (tertiary/aromatic N) is 1. The lowest BCUT2D eigenvalue weighted by Gasteiger charge is -2.07. The lowest BCUT2D eigenvalue weighted by Crippen LogP contribution is -2.11. The first-order valence-corrected chi connectivity index (χ1v) is 9.87. The lowest BCUT2D eigenvalue weighted by atomic mass is 10.1. The monoisotopic (exact) mass is 384 g/mol. The number of fused-ring (bicyclic) bond motifs is 1.